The standard InChI is InChI=1S/C8H13NO4S/c10-8(14(11,12)13)5-1-4-3-9-7(8)6(4)2-5/h4-7,9-10H,1-3H2,(H,11,12,13). The van der Waals surface area contributed by atoms with E-state index in [0.717, 1.165) is 13.0 Å². The van der Waals surface area contributed by atoms with Crippen molar-refractivity contribution in [3.63, 3.8) is 0 Å². The van der Waals surface area contributed by atoms with Crippen LogP contribution in [0.4, 0.5) is 0 Å². The van der Waals surface area contributed by atoms with Crippen LogP contribution in [0.3, 0.4) is 0 Å². The summed E-state index contributed by atoms with van der Waals surface area (Å²) in [5, 5.41) is 13.1. The van der Waals surface area contributed by atoms with Crippen molar-refractivity contribution in [2.75, 3.05) is 6.54 Å². The molecule has 3 aliphatic rings. The number of nitrogens with one attached hydrogen (secondary N) is 1. The fourth-order valence-electron chi connectivity index (χ4n) is 3.65. The van der Waals surface area contributed by atoms with Gasteiger partial charge in [0.2, 0.25) is 4.93 Å². The zero-order chi connectivity index (χ0) is 10.1. The van der Waals surface area contributed by atoms with Crippen molar-refractivity contribution in [1.29, 1.82) is 0 Å². The first-order chi connectivity index (χ1) is 6.44. The molecule has 3 rings (SSSR count). The van der Waals surface area contributed by atoms with Crippen LogP contribution in [0.15, 0.2) is 0 Å². The molecule has 0 spiro atoms. The van der Waals surface area contributed by atoms with Gasteiger partial charge in [0.05, 0.1) is 6.04 Å². The summed E-state index contributed by atoms with van der Waals surface area (Å²) in [6, 6.07) is -0.457. The molecule has 0 amide bonds. The summed E-state index contributed by atoms with van der Waals surface area (Å²) in [6.45, 7) is 0.768. The molecule has 2 saturated carbocycles. The minimum atomic E-state index is -4.37. The molecule has 5 atom stereocenters. The number of hydrogen-bond acceptors (Lipinski definition) is 4. The molecule has 5 unspecified atom stereocenters. The highest BCUT2D eigenvalue weighted by Crippen LogP contribution is 2.58. The molecule has 14 heavy (non-hydrogen) atoms. The molecule has 1 heterocycles. The summed E-state index contributed by atoms with van der Waals surface area (Å²) in [5.74, 6) is 0.437. The molecule has 0 aromatic carbocycles. The average molecular weight is 219 g/mol. The van der Waals surface area contributed by atoms with E-state index in [-0.39, 0.29) is 11.8 Å². The molecule has 1 saturated heterocycles. The zero-order valence-electron chi connectivity index (χ0n) is 7.55. The maximum atomic E-state index is 11.2. The molecule has 1 aliphatic heterocycles. The highest BCUT2D eigenvalue weighted by Gasteiger charge is 2.69. The Bertz CT molecular complexity index is 379. The number of hydrogen-bond donors (Lipinski definition) is 3. The Hall–Kier alpha value is -0.170. The normalized spacial score (nSPS) is 55.6. The van der Waals surface area contributed by atoms with E-state index in [4.69, 9.17) is 4.55 Å². The third-order valence-corrected chi connectivity index (χ3v) is 5.64. The predicted octanol–water partition coefficient (Wildman–Crippen LogP) is -0.809. The van der Waals surface area contributed by atoms with Gasteiger partial charge in [-0.2, -0.15) is 8.42 Å². The lowest BCUT2D eigenvalue weighted by atomic mass is 9.88. The van der Waals surface area contributed by atoms with Crippen molar-refractivity contribution in [3.8, 4) is 0 Å². The molecular formula is C8H13NO4S. The molecule has 0 aromatic rings. The van der Waals surface area contributed by atoms with Gasteiger partial charge in [-0.05, 0) is 31.2 Å². The molecule has 2 bridgehead atoms. The van der Waals surface area contributed by atoms with Gasteiger partial charge in [0.15, 0.2) is 0 Å². The van der Waals surface area contributed by atoms with E-state index in [1.807, 2.05) is 0 Å². The molecule has 2 aliphatic carbocycles. The summed E-state index contributed by atoms with van der Waals surface area (Å²) >= 11 is 0. The van der Waals surface area contributed by atoms with Gasteiger partial charge < -0.3 is 10.4 Å². The third-order valence-electron chi connectivity index (χ3n) is 4.22. The second kappa shape index (κ2) is 2.32. The lowest BCUT2D eigenvalue weighted by molar-refractivity contribution is 0.0372. The van der Waals surface area contributed by atoms with E-state index < -0.39 is 21.1 Å². The summed E-state index contributed by atoms with van der Waals surface area (Å²) in [5.41, 5.74) is 0. The predicted molar refractivity (Wildman–Crippen MR) is 48.0 cm³/mol. The van der Waals surface area contributed by atoms with E-state index in [9.17, 15) is 13.5 Å². The first-order valence-electron chi connectivity index (χ1n) is 4.87. The van der Waals surface area contributed by atoms with E-state index in [0.29, 0.717) is 12.3 Å². The van der Waals surface area contributed by atoms with Crippen molar-refractivity contribution in [3.05, 3.63) is 0 Å². The van der Waals surface area contributed by atoms with Crippen molar-refractivity contribution in [2.45, 2.75) is 23.8 Å². The Balaban J connectivity index is 2.11. The monoisotopic (exact) mass is 219 g/mol. The van der Waals surface area contributed by atoms with Gasteiger partial charge in [0.25, 0.3) is 10.1 Å². The summed E-state index contributed by atoms with van der Waals surface area (Å²) in [4.78, 5) is -1.93. The lowest BCUT2D eigenvalue weighted by Gasteiger charge is -2.33. The highest BCUT2D eigenvalue weighted by atomic mass is 32.2. The van der Waals surface area contributed by atoms with E-state index in [1.165, 1.54) is 0 Å². The fraction of sp³-hybridized carbons (Fsp3) is 1.00. The Kier molecular flexibility index (Phi) is 1.50. The second-order valence-corrected chi connectivity index (χ2v) is 6.31. The van der Waals surface area contributed by atoms with Gasteiger partial charge in [-0.1, -0.05) is 0 Å². The molecule has 0 aromatic heterocycles. The van der Waals surface area contributed by atoms with Crippen LogP contribution >= 0.6 is 0 Å². The van der Waals surface area contributed by atoms with Crippen molar-refractivity contribution >= 4 is 10.1 Å². The van der Waals surface area contributed by atoms with Crippen molar-refractivity contribution < 1.29 is 18.1 Å². The maximum absolute atomic E-state index is 11.2. The zero-order valence-corrected chi connectivity index (χ0v) is 8.37. The quantitative estimate of drug-likeness (QED) is 0.502. The van der Waals surface area contributed by atoms with Gasteiger partial charge in [0, 0.05) is 5.92 Å². The molecule has 3 N–H and O–H groups in total. The fourth-order valence-corrected chi connectivity index (χ4v) is 4.84. The molecule has 5 nitrogen and oxygen atoms in total. The second-order valence-electron chi connectivity index (χ2n) is 4.71. The molecule has 80 valence electrons. The van der Waals surface area contributed by atoms with Crippen LogP contribution < -0.4 is 5.32 Å². The van der Waals surface area contributed by atoms with Crippen molar-refractivity contribution in [2.24, 2.45) is 17.8 Å². The number of aliphatic hydroxyl groups is 1. The van der Waals surface area contributed by atoms with Gasteiger partial charge in [0.1, 0.15) is 0 Å². The smallest absolute Gasteiger partial charge is 0.296 e. The number of fused-ring (bicyclic) bond motifs is 1. The van der Waals surface area contributed by atoms with Crippen LogP contribution in [0.5, 0.6) is 0 Å². The Morgan fingerprint density at radius 3 is 2.71 bits per heavy atom. The summed E-state index contributed by atoms with van der Waals surface area (Å²) in [7, 11) is -4.37. The van der Waals surface area contributed by atoms with Crippen LogP contribution in [0.25, 0.3) is 0 Å². The van der Waals surface area contributed by atoms with Gasteiger partial charge >= 0.3 is 0 Å². The molecule has 0 radical (unpaired) electrons. The van der Waals surface area contributed by atoms with E-state index >= 15 is 0 Å². The Morgan fingerprint density at radius 2 is 2.07 bits per heavy atom. The van der Waals surface area contributed by atoms with Gasteiger partial charge in [-0.3, -0.25) is 4.55 Å². The van der Waals surface area contributed by atoms with Gasteiger partial charge in [-0.15, -0.1) is 0 Å². The van der Waals surface area contributed by atoms with Crippen LogP contribution in [-0.4, -0.2) is 35.6 Å². The Labute approximate surface area is 82.2 Å². The Morgan fingerprint density at radius 1 is 1.36 bits per heavy atom. The minimum absolute atomic E-state index is 0.229. The van der Waals surface area contributed by atoms with E-state index in [1.54, 1.807) is 0 Å². The molecule has 3 fully saturated rings. The van der Waals surface area contributed by atoms with Crippen LogP contribution in [0.1, 0.15) is 12.8 Å². The molecular weight excluding hydrogens is 206 g/mol. The first-order valence-corrected chi connectivity index (χ1v) is 6.31. The topological polar surface area (TPSA) is 86.6 Å². The minimum Gasteiger partial charge on any atom is -0.371 e. The lowest BCUT2D eigenvalue weighted by Crippen LogP contribution is -2.55. The van der Waals surface area contributed by atoms with Crippen LogP contribution in [-0.2, 0) is 10.1 Å². The van der Waals surface area contributed by atoms with Crippen LogP contribution in [0.2, 0.25) is 0 Å². The van der Waals surface area contributed by atoms with Crippen molar-refractivity contribution in [1.82, 2.24) is 5.32 Å². The molecule has 6 heteroatoms. The highest BCUT2D eigenvalue weighted by molar-refractivity contribution is 7.87. The van der Waals surface area contributed by atoms with E-state index in [2.05, 4.69) is 5.32 Å². The average Bonchev–Trinajstić information content (AvgIpc) is 2.59. The maximum Gasteiger partial charge on any atom is 0.296 e. The first kappa shape index (κ1) is 9.08. The third kappa shape index (κ3) is 0.793. The van der Waals surface area contributed by atoms with Crippen LogP contribution in [0, 0.1) is 17.8 Å². The van der Waals surface area contributed by atoms with Gasteiger partial charge in [-0.25, -0.2) is 0 Å². The summed E-state index contributed by atoms with van der Waals surface area (Å²) < 4.78 is 31.5. The largest absolute Gasteiger partial charge is 0.371 e. The SMILES string of the molecule is O=S(=O)(O)C1(O)C2CC3CNC1C3C2. The number of rotatable bonds is 1. The summed E-state index contributed by atoms with van der Waals surface area (Å²) in [6.07, 6.45) is 1.43.